The SMILES string of the molecule is COc1cc(-c2ccccc2)nc2c(-c3ccccc3)c(C)nn12. The lowest BCUT2D eigenvalue weighted by Gasteiger charge is -2.08. The van der Waals surface area contributed by atoms with Gasteiger partial charge in [-0.3, -0.25) is 0 Å². The number of benzene rings is 2. The van der Waals surface area contributed by atoms with Crippen molar-refractivity contribution in [2.24, 2.45) is 0 Å². The standard InChI is InChI=1S/C20H17N3O/c1-14-19(16-11-7-4-8-12-16)20-21-17(15-9-5-3-6-10-15)13-18(24-2)23(20)22-14/h3-13H,1-2H3. The Morgan fingerprint density at radius 1 is 0.875 bits per heavy atom. The maximum Gasteiger partial charge on any atom is 0.218 e. The molecule has 0 radical (unpaired) electrons. The van der Waals surface area contributed by atoms with Crippen molar-refractivity contribution in [2.45, 2.75) is 6.92 Å². The molecule has 2 aromatic heterocycles. The molecule has 4 rings (SSSR count). The van der Waals surface area contributed by atoms with Crippen LogP contribution in [0.4, 0.5) is 0 Å². The lowest BCUT2D eigenvalue weighted by molar-refractivity contribution is 0.384. The predicted octanol–water partition coefficient (Wildman–Crippen LogP) is 4.38. The summed E-state index contributed by atoms with van der Waals surface area (Å²) in [7, 11) is 1.66. The molecule has 2 aromatic carbocycles. The smallest absolute Gasteiger partial charge is 0.218 e. The Bertz CT molecular complexity index is 992. The van der Waals surface area contributed by atoms with Crippen molar-refractivity contribution in [3.8, 4) is 28.3 Å². The van der Waals surface area contributed by atoms with Gasteiger partial charge in [-0.2, -0.15) is 9.61 Å². The molecule has 0 aliphatic rings. The van der Waals surface area contributed by atoms with Crippen molar-refractivity contribution in [1.29, 1.82) is 0 Å². The molecule has 0 unspecified atom stereocenters. The second-order valence-corrected chi connectivity index (χ2v) is 5.61. The molecule has 0 aliphatic heterocycles. The third-order valence-corrected chi connectivity index (χ3v) is 4.07. The number of methoxy groups -OCH3 is 1. The highest BCUT2D eigenvalue weighted by Crippen LogP contribution is 2.31. The van der Waals surface area contributed by atoms with E-state index in [-0.39, 0.29) is 0 Å². The Kier molecular flexibility index (Phi) is 3.50. The first-order valence-corrected chi connectivity index (χ1v) is 7.83. The molecule has 0 aliphatic carbocycles. The van der Waals surface area contributed by atoms with Gasteiger partial charge in [0.2, 0.25) is 5.88 Å². The third-order valence-electron chi connectivity index (χ3n) is 4.07. The van der Waals surface area contributed by atoms with Crippen molar-refractivity contribution in [1.82, 2.24) is 14.6 Å². The van der Waals surface area contributed by atoms with E-state index in [1.807, 2.05) is 61.5 Å². The van der Waals surface area contributed by atoms with Crippen LogP contribution in [0, 0.1) is 6.92 Å². The highest BCUT2D eigenvalue weighted by molar-refractivity contribution is 5.81. The van der Waals surface area contributed by atoms with E-state index in [4.69, 9.17) is 9.72 Å². The molecule has 118 valence electrons. The van der Waals surface area contributed by atoms with Crippen molar-refractivity contribution in [3.63, 3.8) is 0 Å². The van der Waals surface area contributed by atoms with Crippen LogP contribution in [0.25, 0.3) is 28.0 Å². The molecule has 0 fully saturated rings. The first kappa shape index (κ1) is 14.5. The van der Waals surface area contributed by atoms with Crippen molar-refractivity contribution in [3.05, 3.63) is 72.4 Å². The quantitative estimate of drug-likeness (QED) is 0.563. The number of nitrogens with zero attached hydrogens (tertiary/aromatic N) is 3. The van der Waals surface area contributed by atoms with Gasteiger partial charge in [0, 0.05) is 17.2 Å². The summed E-state index contributed by atoms with van der Waals surface area (Å²) in [6.45, 7) is 2.00. The molecule has 2 heterocycles. The van der Waals surface area contributed by atoms with Crippen LogP contribution in [0.3, 0.4) is 0 Å². The van der Waals surface area contributed by atoms with Gasteiger partial charge in [-0.25, -0.2) is 4.98 Å². The average molecular weight is 315 g/mol. The number of aromatic nitrogens is 3. The number of ether oxygens (including phenoxy) is 1. The molecule has 0 atom stereocenters. The molecular formula is C20H17N3O. The molecular weight excluding hydrogens is 298 g/mol. The summed E-state index contributed by atoms with van der Waals surface area (Å²) < 4.78 is 7.32. The summed E-state index contributed by atoms with van der Waals surface area (Å²) in [4.78, 5) is 4.87. The first-order chi connectivity index (χ1) is 11.8. The molecule has 4 heteroatoms. The van der Waals surface area contributed by atoms with E-state index in [0.29, 0.717) is 5.88 Å². The largest absolute Gasteiger partial charge is 0.481 e. The molecule has 0 bridgehead atoms. The summed E-state index contributed by atoms with van der Waals surface area (Å²) in [6.07, 6.45) is 0. The van der Waals surface area contributed by atoms with Crippen LogP contribution in [0.2, 0.25) is 0 Å². The summed E-state index contributed by atoms with van der Waals surface area (Å²) in [5.41, 5.74) is 5.79. The van der Waals surface area contributed by atoms with Crippen LogP contribution in [0.1, 0.15) is 5.69 Å². The van der Waals surface area contributed by atoms with Crippen LogP contribution in [0.5, 0.6) is 5.88 Å². The van der Waals surface area contributed by atoms with Gasteiger partial charge in [-0.15, -0.1) is 0 Å². The minimum Gasteiger partial charge on any atom is -0.481 e. The third kappa shape index (κ3) is 2.33. The van der Waals surface area contributed by atoms with Crippen molar-refractivity contribution >= 4 is 5.65 Å². The van der Waals surface area contributed by atoms with Gasteiger partial charge in [0.15, 0.2) is 5.65 Å². The highest BCUT2D eigenvalue weighted by Gasteiger charge is 2.17. The molecule has 0 spiro atoms. The van der Waals surface area contributed by atoms with Gasteiger partial charge in [0.05, 0.1) is 18.5 Å². The van der Waals surface area contributed by atoms with Crippen molar-refractivity contribution < 1.29 is 4.74 Å². The van der Waals surface area contributed by atoms with E-state index in [1.54, 1.807) is 11.6 Å². The van der Waals surface area contributed by atoms with E-state index in [1.165, 1.54) is 0 Å². The highest BCUT2D eigenvalue weighted by atomic mass is 16.5. The summed E-state index contributed by atoms with van der Waals surface area (Å²) in [5, 5.41) is 4.62. The normalized spacial score (nSPS) is 10.9. The summed E-state index contributed by atoms with van der Waals surface area (Å²) >= 11 is 0. The van der Waals surface area contributed by atoms with Gasteiger partial charge in [-0.1, -0.05) is 60.7 Å². The second kappa shape index (κ2) is 5.81. The van der Waals surface area contributed by atoms with E-state index in [9.17, 15) is 0 Å². The molecule has 4 aromatic rings. The van der Waals surface area contributed by atoms with E-state index < -0.39 is 0 Å². The Hall–Kier alpha value is -3.14. The van der Waals surface area contributed by atoms with E-state index >= 15 is 0 Å². The van der Waals surface area contributed by atoms with Gasteiger partial charge in [0.25, 0.3) is 0 Å². The van der Waals surface area contributed by atoms with E-state index in [0.717, 1.165) is 33.7 Å². The fraction of sp³-hybridized carbons (Fsp3) is 0.100. The number of hydrogen-bond acceptors (Lipinski definition) is 3. The van der Waals surface area contributed by atoms with Gasteiger partial charge < -0.3 is 4.74 Å². The lowest BCUT2D eigenvalue weighted by atomic mass is 10.1. The van der Waals surface area contributed by atoms with Crippen LogP contribution in [-0.2, 0) is 0 Å². The van der Waals surface area contributed by atoms with Crippen LogP contribution >= 0.6 is 0 Å². The fourth-order valence-electron chi connectivity index (χ4n) is 2.94. The zero-order valence-electron chi connectivity index (χ0n) is 13.6. The summed E-state index contributed by atoms with van der Waals surface area (Å²) in [6, 6.07) is 22.2. The Morgan fingerprint density at radius 2 is 1.50 bits per heavy atom. The zero-order chi connectivity index (χ0) is 16.5. The Labute approximate surface area is 140 Å². The fourth-order valence-corrected chi connectivity index (χ4v) is 2.94. The molecule has 24 heavy (non-hydrogen) atoms. The molecule has 0 saturated carbocycles. The number of hydrogen-bond donors (Lipinski definition) is 0. The minimum absolute atomic E-state index is 0.670. The Morgan fingerprint density at radius 3 is 2.12 bits per heavy atom. The molecule has 0 saturated heterocycles. The topological polar surface area (TPSA) is 39.4 Å². The monoisotopic (exact) mass is 315 g/mol. The van der Waals surface area contributed by atoms with Crippen LogP contribution in [0.15, 0.2) is 66.7 Å². The van der Waals surface area contributed by atoms with Gasteiger partial charge in [-0.05, 0) is 12.5 Å². The maximum atomic E-state index is 5.55. The van der Waals surface area contributed by atoms with E-state index in [2.05, 4.69) is 17.2 Å². The first-order valence-electron chi connectivity index (χ1n) is 7.83. The average Bonchev–Trinajstić information content (AvgIpc) is 2.98. The van der Waals surface area contributed by atoms with Crippen LogP contribution in [-0.4, -0.2) is 21.7 Å². The number of aryl methyl sites for hydroxylation is 1. The van der Waals surface area contributed by atoms with Gasteiger partial charge >= 0.3 is 0 Å². The molecule has 0 N–H and O–H groups in total. The van der Waals surface area contributed by atoms with Crippen LogP contribution < -0.4 is 4.74 Å². The van der Waals surface area contributed by atoms with Gasteiger partial charge in [0.1, 0.15) is 0 Å². The lowest BCUT2D eigenvalue weighted by Crippen LogP contribution is -1.99. The number of fused-ring (bicyclic) bond motifs is 1. The number of rotatable bonds is 3. The molecule has 4 nitrogen and oxygen atoms in total. The minimum atomic E-state index is 0.670. The maximum absolute atomic E-state index is 5.55. The second-order valence-electron chi connectivity index (χ2n) is 5.61. The zero-order valence-corrected chi connectivity index (χ0v) is 13.6. The predicted molar refractivity (Wildman–Crippen MR) is 95.1 cm³/mol. The Balaban J connectivity index is 2.03. The summed E-state index contributed by atoms with van der Waals surface area (Å²) in [5.74, 6) is 0.670. The van der Waals surface area contributed by atoms with Crippen molar-refractivity contribution in [2.75, 3.05) is 7.11 Å². The molecule has 0 amide bonds.